The summed E-state index contributed by atoms with van der Waals surface area (Å²) in [6.07, 6.45) is 0. The van der Waals surface area contributed by atoms with Crippen molar-refractivity contribution >= 4 is 33.0 Å². The third kappa shape index (κ3) is 3.72. The van der Waals surface area contributed by atoms with Gasteiger partial charge in [-0.1, -0.05) is 17.7 Å². The number of nitro groups is 1. The molecule has 0 aliphatic rings. The molecule has 0 bridgehead atoms. The molecule has 0 fully saturated rings. The monoisotopic (exact) mass is 356 g/mol. The molecule has 0 atom stereocenters. The van der Waals surface area contributed by atoms with Gasteiger partial charge in [0.1, 0.15) is 10.6 Å². The van der Waals surface area contributed by atoms with Crippen LogP contribution in [0.5, 0.6) is 5.75 Å². The quantitative estimate of drug-likeness (QED) is 0.654. The fourth-order valence-electron chi connectivity index (χ4n) is 1.89. The van der Waals surface area contributed by atoms with E-state index in [2.05, 4.69) is 4.72 Å². The van der Waals surface area contributed by atoms with Crippen molar-refractivity contribution in [3.63, 3.8) is 0 Å². The Morgan fingerprint density at radius 3 is 2.52 bits per heavy atom. The molecule has 0 saturated heterocycles. The molecule has 0 radical (unpaired) electrons. The molecule has 0 amide bonds. The first-order valence-corrected chi connectivity index (χ1v) is 8.22. The minimum atomic E-state index is -4.09. The standard InChI is InChI=1S/C14H13ClN2O5S/c1-9-3-4-10(15)7-12(9)16-23(20,21)14-8-11(17(18)19)5-6-13(14)22-2/h3-8,16H,1-2H3. The Morgan fingerprint density at radius 2 is 1.91 bits per heavy atom. The maximum Gasteiger partial charge on any atom is 0.271 e. The first-order chi connectivity index (χ1) is 10.7. The van der Waals surface area contributed by atoms with Crippen molar-refractivity contribution in [1.29, 1.82) is 0 Å². The number of non-ortho nitro benzene ring substituents is 1. The van der Waals surface area contributed by atoms with Crippen molar-refractivity contribution in [2.45, 2.75) is 11.8 Å². The number of nitrogens with one attached hydrogen (secondary N) is 1. The summed E-state index contributed by atoms with van der Waals surface area (Å²) in [6.45, 7) is 1.71. The zero-order valence-electron chi connectivity index (χ0n) is 12.2. The van der Waals surface area contributed by atoms with Crippen molar-refractivity contribution < 1.29 is 18.1 Å². The van der Waals surface area contributed by atoms with E-state index in [0.29, 0.717) is 10.6 Å². The number of anilines is 1. The molecule has 9 heteroatoms. The lowest BCUT2D eigenvalue weighted by molar-refractivity contribution is -0.385. The molecule has 7 nitrogen and oxygen atoms in total. The summed E-state index contributed by atoms with van der Waals surface area (Å²) in [4.78, 5) is 9.87. The smallest absolute Gasteiger partial charge is 0.271 e. The lowest BCUT2D eigenvalue weighted by atomic mass is 10.2. The number of nitrogens with zero attached hydrogens (tertiary/aromatic N) is 1. The number of nitro benzene ring substituents is 1. The minimum Gasteiger partial charge on any atom is -0.495 e. The second kappa shape index (κ2) is 6.43. The van der Waals surface area contributed by atoms with Crippen LogP contribution in [0.15, 0.2) is 41.3 Å². The summed E-state index contributed by atoms with van der Waals surface area (Å²) in [7, 11) is -2.81. The maximum absolute atomic E-state index is 12.6. The van der Waals surface area contributed by atoms with Crippen molar-refractivity contribution in [2.24, 2.45) is 0 Å². The van der Waals surface area contributed by atoms with Crippen LogP contribution in [-0.4, -0.2) is 20.5 Å². The summed E-state index contributed by atoms with van der Waals surface area (Å²) in [5.41, 5.74) is 0.586. The molecule has 0 unspecified atom stereocenters. The van der Waals surface area contributed by atoms with Gasteiger partial charge < -0.3 is 4.74 Å². The molecule has 0 aliphatic carbocycles. The van der Waals surface area contributed by atoms with E-state index in [1.165, 1.54) is 25.3 Å². The number of halogens is 1. The molecule has 2 rings (SSSR count). The van der Waals surface area contributed by atoms with E-state index in [1.807, 2.05) is 0 Å². The molecule has 2 aromatic carbocycles. The fraction of sp³-hybridized carbons (Fsp3) is 0.143. The highest BCUT2D eigenvalue weighted by molar-refractivity contribution is 7.92. The van der Waals surface area contributed by atoms with Gasteiger partial charge in [0.15, 0.2) is 0 Å². The molecule has 0 spiro atoms. The fourth-order valence-corrected chi connectivity index (χ4v) is 3.38. The molecule has 0 aromatic heterocycles. The normalized spacial score (nSPS) is 11.1. The summed E-state index contributed by atoms with van der Waals surface area (Å²) in [5, 5.41) is 11.2. The van der Waals surface area contributed by atoms with Crippen LogP contribution in [0.1, 0.15) is 5.56 Å². The predicted molar refractivity (Wildman–Crippen MR) is 86.6 cm³/mol. The Balaban J connectivity index is 2.52. The average Bonchev–Trinajstić information content (AvgIpc) is 2.50. The molecule has 23 heavy (non-hydrogen) atoms. The summed E-state index contributed by atoms with van der Waals surface area (Å²) >= 11 is 5.87. The topological polar surface area (TPSA) is 98.5 Å². The van der Waals surface area contributed by atoms with Crippen LogP contribution in [0.3, 0.4) is 0 Å². The van der Waals surface area contributed by atoms with Crippen LogP contribution >= 0.6 is 11.6 Å². The van der Waals surface area contributed by atoms with Crippen LogP contribution in [0.2, 0.25) is 5.02 Å². The second-order valence-electron chi connectivity index (χ2n) is 4.66. The SMILES string of the molecule is COc1ccc([N+](=O)[O-])cc1S(=O)(=O)Nc1cc(Cl)ccc1C. The van der Waals surface area contributed by atoms with Crippen molar-refractivity contribution in [1.82, 2.24) is 0 Å². The minimum absolute atomic E-state index is 0.00258. The van der Waals surface area contributed by atoms with E-state index < -0.39 is 14.9 Å². The third-order valence-electron chi connectivity index (χ3n) is 3.09. The molecule has 0 heterocycles. The zero-order valence-corrected chi connectivity index (χ0v) is 13.8. The molecule has 122 valence electrons. The van der Waals surface area contributed by atoms with Crippen molar-refractivity contribution in [2.75, 3.05) is 11.8 Å². The van der Waals surface area contributed by atoms with Crippen LogP contribution in [-0.2, 0) is 10.0 Å². The van der Waals surface area contributed by atoms with Crippen molar-refractivity contribution in [3.8, 4) is 5.75 Å². The van der Waals surface area contributed by atoms with E-state index in [9.17, 15) is 18.5 Å². The van der Waals surface area contributed by atoms with Gasteiger partial charge in [-0.2, -0.15) is 0 Å². The number of hydrogen-bond acceptors (Lipinski definition) is 5. The largest absolute Gasteiger partial charge is 0.495 e. The van der Waals surface area contributed by atoms with E-state index in [4.69, 9.17) is 16.3 Å². The predicted octanol–water partition coefficient (Wildman–Crippen LogP) is 3.37. The number of hydrogen-bond donors (Lipinski definition) is 1. The third-order valence-corrected chi connectivity index (χ3v) is 4.71. The van der Waals surface area contributed by atoms with Gasteiger partial charge in [0, 0.05) is 17.2 Å². The maximum atomic E-state index is 12.6. The Morgan fingerprint density at radius 1 is 1.22 bits per heavy atom. The van der Waals surface area contributed by atoms with E-state index in [1.54, 1.807) is 19.1 Å². The van der Waals surface area contributed by atoms with Gasteiger partial charge >= 0.3 is 0 Å². The number of rotatable bonds is 5. The Kier molecular flexibility index (Phi) is 4.76. The van der Waals surface area contributed by atoms with Crippen LogP contribution in [0.25, 0.3) is 0 Å². The van der Waals surface area contributed by atoms with Gasteiger partial charge in [-0.15, -0.1) is 0 Å². The summed E-state index contributed by atoms with van der Waals surface area (Å²) in [5.74, 6) is 0.00258. The first-order valence-electron chi connectivity index (χ1n) is 6.36. The van der Waals surface area contributed by atoms with E-state index in [-0.39, 0.29) is 22.0 Å². The Bertz CT molecular complexity index is 867. The molecule has 2 aromatic rings. The molecule has 1 N–H and O–H groups in total. The van der Waals surface area contributed by atoms with Gasteiger partial charge in [-0.3, -0.25) is 14.8 Å². The van der Waals surface area contributed by atoms with Gasteiger partial charge in [-0.05, 0) is 30.7 Å². The zero-order chi connectivity index (χ0) is 17.2. The lowest BCUT2D eigenvalue weighted by Gasteiger charge is -2.13. The highest BCUT2D eigenvalue weighted by Crippen LogP contribution is 2.31. The van der Waals surface area contributed by atoms with Gasteiger partial charge in [0.25, 0.3) is 15.7 Å². The van der Waals surface area contributed by atoms with E-state index >= 15 is 0 Å². The lowest BCUT2D eigenvalue weighted by Crippen LogP contribution is -2.15. The summed E-state index contributed by atoms with van der Waals surface area (Å²) < 4.78 is 32.5. The van der Waals surface area contributed by atoms with Gasteiger partial charge in [-0.25, -0.2) is 8.42 Å². The average molecular weight is 357 g/mol. The molecular weight excluding hydrogens is 344 g/mol. The highest BCUT2D eigenvalue weighted by Gasteiger charge is 2.23. The number of sulfonamides is 1. The molecule has 0 aliphatic heterocycles. The van der Waals surface area contributed by atoms with Crippen LogP contribution in [0.4, 0.5) is 11.4 Å². The number of methoxy groups -OCH3 is 1. The van der Waals surface area contributed by atoms with Crippen LogP contribution in [0, 0.1) is 17.0 Å². The van der Waals surface area contributed by atoms with Crippen molar-refractivity contribution in [3.05, 3.63) is 57.1 Å². The first kappa shape index (κ1) is 17.0. The Hall–Kier alpha value is -2.32. The van der Waals surface area contributed by atoms with Gasteiger partial charge in [0.05, 0.1) is 17.7 Å². The molecular formula is C14H13ClN2O5S. The second-order valence-corrected chi connectivity index (χ2v) is 6.74. The highest BCUT2D eigenvalue weighted by atomic mass is 35.5. The van der Waals surface area contributed by atoms with Crippen LogP contribution < -0.4 is 9.46 Å². The Labute approximate surface area is 138 Å². The number of aryl methyl sites for hydroxylation is 1. The molecule has 0 saturated carbocycles. The number of ether oxygens (including phenoxy) is 1. The van der Waals surface area contributed by atoms with Gasteiger partial charge in [0.2, 0.25) is 0 Å². The number of benzene rings is 2. The summed E-state index contributed by atoms with van der Waals surface area (Å²) in [6, 6.07) is 8.09. The van der Waals surface area contributed by atoms with E-state index in [0.717, 1.165) is 6.07 Å².